The van der Waals surface area contributed by atoms with Crippen molar-refractivity contribution in [2.75, 3.05) is 25.2 Å². The van der Waals surface area contributed by atoms with E-state index in [1.54, 1.807) is 6.07 Å². The molecule has 5 rings (SSSR count). The summed E-state index contributed by atoms with van der Waals surface area (Å²) >= 11 is 0. The molecule has 1 N–H and O–H groups in total. The van der Waals surface area contributed by atoms with E-state index in [0.29, 0.717) is 23.7 Å². The molecule has 3 heterocycles. The molecule has 2 aliphatic heterocycles. The lowest BCUT2D eigenvalue weighted by molar-refractivity contribution is -0.117. The number of carbonyl (C=O) groups is 1. The van der Waals surface area contributed by atoms with Crippen molar-refractivity contribution >= 4 is 11.6 Å². The first-order chi connectivity index (χ1) is 13.8. The van der Waals surface area contributed by atoms with Gasteiger partial charge in [-0.15, -0.1) is 0 Å². The molecule has 3 aromatic rings. The van der Waals surface area contributed by atoms with E-state index in [-0.39, 0.29) is 18.7 Å². The third-order valence-electron chi connectivity index (χ3n) is 5.26. The summed E-state index contributed by atoms with van der Waals surface area (Å²) in [5.74, 6) is 1.33. The fraction of sp³-hybridized carbons (Fsp3) is 0.227. The quantitative estimate of drug-likeness (QED) is 0.761. The molecule has 1 aromatic heterocycles. The maximum Gasteiger partial charge on any atom is 0.238 e. The number of hydrogen-bond acceptors (Lipinski definition) is 4. The molecule has 6 nitrogen and oxygen atoms in total. The lowest BCUT2D eigenvalue weighted by Gasteiger charge is -2.36. The number of nitrogens with zero attached hydrogens (tertiary/aromatic N) is 2. The summed E-state index contributed by atoms with van der Waals surface area (Å²) in [6, 6.07) is 20.1. The van der Waals surface area contributed by atoms with Gasteiger partial charge in [-0.2, -0.15) is 0 Å². The lowest BCUT2D eigenvalue weighted by atomic mass is 10.00. The summed E-state index contributed by atoms with van der Waals surface area (Å²) in [7, 11) is 0. The van der Waals surface area contributed by atoms with Gasteiger partial charge in [0.2, 0.25) is 12.7 Å². The minimum Gasteiger partial charge on any atom is -0.454 e. The first-order valence-electron chi connectivity index (χ1n) is 9.41. The normalized spacial score (nSPS) is 17.9. The molecule has 28 heavy (non-hydrogen) atoms. The van der Waals surface area contributed by atoms with Crippen LogP contribution in [0.3, 0.4) is 0 Å². The van der Waals surface area contributed by atoms with Crippen LogP contribution < -0.4 is 14.8 Å². The third kappa shape index (κ3) is 3.12. The highest BCUT2D eigenvalue weighted by atomic mass is 16.7. The second-order valence-corrected chi connectivity index (χ2v) is 7.03. The molecule has 142 valence electrons. The van der Waals surface area contributed by atoms with Gasteiger partial charge in [-0.1, -0.05) is 30.3 Å². The van der Waals surface area contributed by atoms with E-state index in [4.69, 9.17) is 9.47 Å². The van der Waals surface area contributed by atoms with Crippen molar-refractivity contribution in [3.8, 4) is 11.5 Å². The van der Waals surface area contributed by atoms with Crippen molar-refractivity contribution in [2.24, 2.45) is 0 Å². The van der Waals surface area contributed by atoms with Gasteiger partial charge in [0, 0.05) is 36.7 Å². The molecule has 0 spiro atoms. The SMILES string of the molecule is O=C(CN1CCn2cccc2[C@@H]1c1ccccc1)Nc1ccc2c(c1)OCO2. The van der Waals surface area contributed by atoms with Gasteiger partial charge in [0.05, 0.1) is 12.6 Å². The van der Waals surface area contributed by atoms with Gasteiger partial charge in [-0.05, 0) is 29.8 Å². The van der Waals surface area contributed by atoms with Gasteiger partial charge in [0.15, 0.2) is 11.5 Å². The number of ether oxygens (including phenoxy) is 2. The average molecular weight is 375 g/mol. The first kappa shape index (κ1) is 16.9. The molecular formula is C22H21N3O3. The van der Waals surface area contributed by atoms with Gasteiger partial charge in [-0.25, -0.2) is 0 Å². The van der Waals surface area contributed by atoms with Crippen LogP contribution in [0.4, 0.5) is 5.69 Å². The zero-order valence-corrected chi connectivity index (χ0v) is 15.4. The Balaban J connectivity index is 1.35. The fourth-order valence-corrected chi connectivity index (χ4v) is 3.98. The highest BCUT2D eigenvalue weighted by molar-refractivity contribution is 5.92. The molecule has 0 unspecified atom stereocenters. The van der Waals surface area contributed by atoms with Crippen molar-refractivity contribution in [2.45, 2.75) is 12.6 Å². The molecule has 1 atom stereocenters. The minimum absolute atomic E-state index is 0.0418. The van der Waals surface area contributed by atoms with Crippen LogP contribution in [-0.4, -0.2) is 35.3 Å². The summed E-state index contributed by atoms with van der Waals surface area (Å²) in [5, 5.41) is 2.99. The first-order valence-corrected chi connectivity index (χ1v) is 9.41. The Bertz CT molecular complexity index is 999. The Kier molecular flexibility index (Phi) is 4.25. The molecule has 2 aliphatic rings. The maximum atomic E-state index is 12.8. The molecule has 0 fully saturated rings. The third-order valence-corrected chi connectivity index (χ3v) is 5.26. The van der Waals surface area contributed by atoms with Crippen LogP contribution >= 0.6 is 0 Å². The van der Waals surface area contributed by atoms with Gasteiger partial charge in [0.1, 0.15) is 0 Å². The van der Waals surface area contributed by atoms with Crippen LogP contribution in [0.25, 0.3) is 0 Å². The predicted octanol–water partition coefficient (Wildman–Crippen LogP) is 3.26. The zero-order valence-electron chi connectivity index (χ0n) is 15.4. The fourth-order valence-electron chi connectivity index (χ4n) is 3.98. The van der Waals surface area contributed by atoms with E-state index < -0.39 is 0 Å². The number of aromatic nitrogens is 1. The number of benzene rings is 2. The Hall–Kier alpha value is -3.25. The van der Waals surface area contributed by atoms with E-state index in [1.165, 1.54) is 11.3 Å². The summed E-state index contributed by atoms with van der Waals surface area (Å²) < 4.78 is 13.0. The Morgan fingerprint density at radius 1 is 1.00 bits per heavy atom. The van der Waals surface area contributed by atoms with Crippen molar-refractivity contribution in [1.29, 1.82) is 0 Å². The van der Waals surface area contributed by atoms with Crippen LogP contribution in [-0.2, 0) is 11.3 Å². The summed E-state index contributed by atoms with van der Waals surface area (Å²) in [5.41, 5.74) is 3.12. The molecule has 1 amide bonds. The lowest BCUT2D eigenvalue weighted by Crippen LogP contribution is -2.42. The smallest absolute Gasteiger partial charge is 0.238 e. The Morgan fingerprint density at radius 2 is 1.86 bits per heavy atom. The van der Waals surface area contributed by atoms with Crippen LogP contribution in [0, 0.1) is 0 Å². The van der Waals surface area contributed by atoms with Crippen LogP contribution in [0.5, 0.6) is 11.5 Å². The van der Waals surface area contributed by atoms with Gasteiger partial charge < -0.3 is 19.4 Å². The number of fused-ring (bicyclic) bond motifs is 2. The number of rotatable bonds is 4. The molecular weight excluding hydrogens is 354 g/mol. The highest BCUT2D eigenvalue weighted by Gasteiger charge is 2.30. The van der Waals surface area contributed by atoms with Gasteiger partial charge in [-0.3, -0.25) is 9.69 Å². The van der Waals surface area contributed by atoms with E-state index in [0.717, 1.165) is 13.1 Å². The molecule has 0 aliphatic carbocycles. The molecule has 6 heteroatoms. The van der Waals surface area contributed by atoms with E-state index in [1.807, 2.05) is 30.3 Å². The van der Waals surface area contributed by atoms with Crippen LogP contribution in [0.2, 0.25) is 0 Å². The second kappa shape index (κ2) is 7.05. The zero-order chi connectivity index (χ0) is 18.9. The van der Waals surface area contributed by atoms with E-state index in [9.17, 15) is 4.79 Å². The largest absolute Gasteiger partial charge is 0.454 e. The van der Waals surface area contributed by atoms with Crippen molar-refractivity contribution in [3.05, 3.63) is 78.1 Å². The molecule has 0 radical (unpaired) electrons. The molecule has 0 bridgehead atoms. The monoisotopic (exact) mass is 375 g/mol. The number of hydrogen-bond donors (Lipinski definition) is 1. The Labute approximate surface area is 163 Å². The molecule has 0 saturated carbocycles. The second-order valence-electron chi connectivity index (χ2n) is 7.03. The topological polar surface area (TPSA) is 55.7 Å². The van der Waals surface area contributed by atoms with Crippen molar-refractivity contribution in [1.82, 2.24) is 9.47 Å². The highest BCUT2D eigenvalue weighted by Crippen LogP contribution is 2.35. The summed E-state index contributed by atoms with van der Waals surface area (Å²) in [6.07, 6.45) is 2.11. The average Bonchev–Trinajstić information content (AvgIpc) is 3.37. The summed E-state index contributed by atoms with van der Waals surface area (Å²) in [4.78, 5) is 15.0. The minimum atomic E-state index is -0.0418. The number of nitrogens with one attached hydrogen (secondary N) is 1. The Morgan fingerprint density at radius 3 is 2.75 bits per heavy atom. The maximum absolute atomic E-state index is 12.8. The number of amides is 1. The van der Waals surface area contributed by atoms with Crippen LogP contribution in [0.1, 0.15) is 17.3 Å². The van der Waals surface area contributed by atoms with Crippen molar-refractivity contribution < 1.29 is 14.3 Å². The standard InChI is InChI=1S/C22H21N3O3/c26-21(23-17-8-9-19-20(13-17)28-15-27-19)14-25-12-11-24-10-4-7-18(24)22(25)16-5-2-1-3-6-16/h1-10,13,22H,11-12,14-15H2,(H,23,26)/t22-/m0/s1. The van der Waals surface area contributed by atoms with E-state index in [2.05, 4.69) is 45.2 Å². The number of carbonyl (C=O) groups excluding carboxylic acids is 1. The van der Waals surface area contributed by atoms with Crippen molar-refractivity contribution in [3.63, 3.8) is 0 Å². The van der Waals surface area contributed by atoms with Crippen LogP contribution in [0.15, 0.2) is 66.9 Å². The predicted molar refractivity (Wildman–Crippen MR) is 105 cm³/mol. The molecule has 2 aromatic carbocycles. The number of anilines is 1. The van der Waals surface area contributed by atoms with Gasteiger partial charge >= 0.3 is 0 Å². The molecule has 0 saturated heterocycles. The van der Waals surface area contributed by atoms with E-state index >= 15 is 0 Å². The summed E-state index contributed by atoms with van der Waals surface area (Å²) in [6.45, 7) is 2.23. The van der Waals surface area contributed by atoms with Gasteiger partial charge in [0.25, 0.3) is 0 Å².